The molecule has 0 radical (unpaired) electrons. The summed E-state index contributed by atoms with van der Waals surface area (Å²) < 4.78 is 13.0. The number of carbonyl (C=O) groups is 1. The monoisotopic (exact) mass is 532 g/mol. The first-order valence-corrected chi connectivity index (χ1v) is 11.7. The fourth-order valence-electron chi connectivity index (χ4n) is 3.14. The Morgan fingerprint density at radius 3 is 2.64 bits per heavy atom. The highest BCUT2D eigenvalue weighted by atomic mass is 35.5. The molecule has 1 aromatic carbocycles. The minimum absolute atomic E-state index is 0.00664. The summed E-state index contributed by atoms with van der Waals surface area (Å²) >= 11 is 12.1. The Kier molecular flexibility index (Phi) is 9.55. The third-order valence-electron chi connectivity index (χ3n) is 4.93. The minimum atomic E-state index is -1.16. The maximum Gasteiger partial charge on any atom is 0.240 e. The van der Waals surface area contributed by atoms with E-state index in [0.29, 0.717) is 15.9 Å². The van der Waals surface area contributed by atoms with E-state index in [1.165, 1.54) is 4.68 Å². The van der Waals surface area contributed by atoms with E-state index >= 15 is 0 Å². The maximum atomic E-state index is 12.7. The first-order valence-electron chi connectivity index (χ1n) is 11.0. The van der Waals surface area contributed by atoms with E-state index in [-0.39, 0.29) is 32.1 Å². The number of carbonyl (C=O) groups excluding carboxylic acids is 1. The standard InChI is InChI=1S/C23H26Cl2N8O3/c1-23(2,27)22(34)29-19(14-35-12-15-9-16(24)11-17(25)10-15)21-30-31-32-33(21)18(6-7-26)13-36-20-5-3-4-8-28-20/h3-5,8-11,18-19H,6,12-14,27H2,1-2H3,(H,29,34)/t18-,19-/m1/s1. The predicted molar refractivity (Wildman–Crippen MR) is 132 cm³/mol. The van der Waals surface area contributed by atoms with Crippen LogP contribution >= 0.6 is 23.2 Å². The number of ether oxygens (including phenoxy) is 2. The topological polar surface area (TPSA) is 154 Å². The highest BCUT2D eigenvalue weighted by Gasteiger charge is 2.30. The van der Waals surface area contributed by atoms with Crippen molar-refractivity contribution in [3.05, 3.63) is 64.0 Å². The van der Waals surface area contributed by atoms with Crippen LogP contribution in [0.4, 0.5) is 0 Å². The molecule has 0 unspecified atom stereocenters. The third kappa shape index (κ3) is 7.86. The van der Waals surface area contributed by atoms with E-state index in [1.807, 2.05) is 0 Å². The Bertz CT molecular complexity index is 1170. The second-order valence-electron chi connectivity index (χ2n) is 8.52. The lowest BCUT2D eigenvalue weighted by Crippen LogP contribution is -2.51. The SMILES string of the molecule is CC(C)(N)C(=O)N[C@H](COCc1cc(Cl)cc(Cl)c1)c1nnnn1[C@H](CC#N)COc1ccccn1. The molecule has 0 aliphatic heterocycles. The van der Waals surface area contributed by atoms with Crippen LogP contribution in [0.5, 0.6) is 5.88 Å². The van der Waals surface area contributed by atoms with Gasteiger partial charge < -0.3 is 20.5 Å². The molecular formula is C23H26Cl2N8O3. The Balaban J connectivity index is 1.81. The molecule has 2 heterocycles. The lowest BCUT2D eigenvalue weighted by atomic mass is 10.1. The summed E-state index contributed by atoms with van der Waals surface area (Å²) in [6.07, 6.45) is 1.65. The molecule has 0 saturated heterocycles. The first-order chi connectivity index (χ1) is 17.2. The molecule has 0 fully saturated rings. The largest absolute Gasteiger partial charge is 0.475 e. The van der Waals surface area contributed by atoms with Crippen LogP contribution in [-0.4, -0.2) is 49.9 Å². The quantitative estimate of drug-likeness (QED) is 0.358. The third-order valence-corrected chi connectivity index (χ3v) is 5.37. The molecule has 2 atom stereocenters. The molecule has 0 aliphatic carbocycles. The average molecular weight is 533 g/mol. The lowest BCUT2D eigenvalue weighted by Gasteiger charge is -2.25. The van der Waals surface area contributed by atoms with Crippen LogP contribution in [0.3, 0.4) is 0 Å². The molecule has 3 N–H and O–H groups in total. The van der Waals surface area contributed by atoms with E-state index in [4.69, 9.17) is 38.4 Å². The number of tetrazole rings is 1. The summed E-state index contributed by atoms with van der Waals surface area (Å²) in [6, 6.07) is 11.1. The van der Waals surface area contributed by atoms with Gasteiger partial charge in [-0.25, -0.2) is 9.67 Å². The lowest BCUT2D eigenvalue weighted by molar-refractivity contribution is -0.126. The molecule has 2 aromatic heterocycles. The van der Waals surface area contributed by atoms with Crippen molar-refractivity contribution in [2.45, 2.75) is 44.5 Å². The number of hydrogen-bond acceptors (Lipinski definition) is 9. The van der Waals surface area contributed by atoms with Crippen molar-refractivity contribution in [2.24, 2.45) is 5.73 Å². The van der Waals surface area contributed by atoms with Gasteiger partial charge in [0.2, 0.25) is 11.8 Å². The van der Waals surface area contributed by atoms with Gasteiger partial charge in [0.15, 0.2) is 5.82 Å². The van der Waals surface area contributed by atoms with Crippen LogP contribution in [0, 0.1) is 11.3 Å². The van der Waals surface area contributed by atoms with E-state index in [9.17, 15) is 10.1 Å². The number of aromatic nitrogens is 5. The van der Waals surface area contributed by atoms with Crippen molar-refractivity contribution in [2.75, 3.05) is 13.2 Å². The van der Waals surface area contributed by atoms with Gasteiger partial charge in [-0.15, -0.1) is 5.10 Å². The van der Waals surface area contributed by atoms with Gasteiger partial charge in [-0.1, -0.05) is 29.3 Å². The van der Waals surface area contributed by atoms with Crippen molar-refractivity contribution >= 4 is 29.1 Å². The molecule has 11 nitrogen and oxygen atoms in total. The van der Waals surface area contributed by atoms with Crippen LogP contribution in [0.1, 0.15) is 43.7 Å². The van der Waals surface area contributed by atoms with Crippen LogP contribution in [0.2, 0.25) is 10.0 Å². The van der Waals surface area contributed by atoms with Gasteiger partial charge in [0.05, 0.1) is 31.2 Å². The van der Waals surface area contributed by atoms with Crippen molar-refractivity contribution in [1.82, 2.24) is 30.5 Å². The molecule has 0 bridgehead atoms. The minimum Gasteiger partial charge on any atom is -0.475 e. The van der Waals surface area contributed by atoms with E-state index in [0.717, 1.165) is 5.56 Å². The van der Waals surface area contributed by atoms with Crippen molar-refractivity contribution in [3.8, 4) is 11.9 Å². The number of pyridine rings is 1. The van der Waals surface area contributed by atoms with E-state index < -0.39 is 23.5 Å². The Hall–Kier alpha value is -3.30. The summed E-state index contributed by atoms with van der Waals surface area (Å²) in [7, 11) is 0. The number of nitrogens with two attached hydrogens (primary N) is 1. The van der Waals surface area contributed by atoms with Gasteiger partial charge in [-0.3, -0.25) is 4.79 Å². The Morgan fingerprint density at radius 1 is 1.25 bits per heavy atom. The van der Waals surface area contributed by atoms with Crippen molar-refractivity contribution in [3.63, 3.8) is 0 Å². The maximum absolute atomic E-state index is 12.7. The van der Waals surface area contributed by atoms with Gasteiger partial charge in [0, 0.05) is 22.3 Å². The molecule has 3 rings (SSSR count). The van der Waals surface area contributed by atoms with Crippen LogP contribution < -0.4 is 15.8 Å². The molecule has 13 heteroatoms. The summed E-state index contributed by atoms with van der Waals surface area (Å²) in [5.41, 5.74) is 5.57. The Morgan fingerprint density at radius 2 is 2.00 bits per heavy atom. The number of amides is 1. The molecule has 190 valence electrons. The van der Waals surface area contributed by atoms with E-state index in [2.05, 4.69) is 31.9 Å². The van der Waals surface area contributed by atoms with Crippen LogP contribution in [0.15, 0.2) is 42.6 Å². The zero-order chi connectivity index (χ0) is 26.1. The smallest absolute Gasteiger partial charge is 0.240 e. The summed E-state index contributed by atoms with van der Waals surface area (Å²) in [4.78, 5) is 16.8. The highest BCUT2D eigenvalue weighted by Crippen LogP contribution is 2.22. The van der Waals surface area contributed by atoms with E-state index in [1.54, 1.807) is 56.4 Å². The molecule has 0 aliphatic rings. The number of halogens is 2. The fraction of sp³-hybridized carbons (Fsp3) is 0.391. The van der Waals surface area contributed by atoms with Gasteiger partial charge in [0.25, 0.3) is 0 Å². The zero-order valence-electron chi connectivity index (χ0n) is 19.8. The predicted octanol–water partition coefficient (Wildman–Crippen LogP) is 3.02. The normalized spacial score (nSPS) is 13.0. The highest BCUT2D eigenvalue weighted by molar-refractivity contribution is 6.34. The van der Waals surface area contributed by atoms with Crippen LogP contribution in [0.25, 0.3) is 0 Å². The van der Waals surface area contributed by atoms with Gasteiger partial charge in [-0.2, -0.15) is 5.26 Å². The van der Waals surface area contributed by atoms with Crippen molar-refractivity contribution < 1.29 is 14.3 Å². The van der Waals surface area contributed by atoms with Gasteiger partial charge in [-0.05, 0) is 54.1 Å². The average Bonchev–Trinajstić information content (AvgIpc) is 3.30. The summed E-state index contributed by atoms with van der Waals surface area (Å²) in [5.74, 6) is 0.243. The number of rotatable bonds is 12. The first kappa shape index (κ1) is 27.3. The van der Waals surface area contributed by atoms with Gasteiger partial charge >= 0.3 is 0 Å². The number of hydrogen-bond donors (Lipinski definition) is 2. The molecule has 0 saturated carbocycles. The summed E-state index contributed by atoms with van der Waals surface area (Å²) in [5, 5.41) is 25.1. The fourth-order valence-corrected chi connectivity index (χ4v) is 3.71. The Labute approximate surface area is 218 Å². The molecule has 1 amide bonds. The van der Waals surface area contributed by atoms with Crippen LogP contribution in [-0.2, 0) is 16.1 Å². The second-order valence-corrected chi connectivity index (χ2v) is 9.39. The zero-order valence-corrected chi connectivity index (χ0v) is 21.3. The van der Waals surface area contributed by atoms with Gasteiger partial charge in [0.1, 0.15) is 18.7 Å². The molecule has 0 spiro atoms. The molecule has 3 aromatic rings. The number of benzene rings is 1. The molecular weight excluding hydrogens is 507 g/mol. The van der Waals surface area contributed by atoms with Crippen molar-refractivity contribution in [1.29, 1.82) is 5.26 Å². The second kappa shape index (κ2) is 12.6. The number of nitriles is 1. The number of nitrogens with one attached hydrogen (secondary N) is 1. The summed E-state index contributed by atoms with van der Waals surface area (Å²) in [6.45, 7) is 3.41. The molecule has 36 heavy (non-hydrogen) atoms. The number of nitrogens with zero attached hydrogens (tertiary/aromatic N) is 6.